The van der Waals surface area contributed by atoms with Gasteiger partial charge >= 0.3 is 0 Å². The average molecular weight is 654 g/mol. The number of amides is 2. The third kappa shape index (κ3) is 7.58. The fraction of sp³-hybridized carbons (Fsp3) is 0.156. The van der Waals surface area contributed by atoms with Crippen LogP contribution in [-0.4, -0.2) is 48.0 Å². The van der Waals surface area contributed by atoms with Crippen LogP contribution in [-0.2, 0) is 4.79 Å². The molecule has 0 atom stereocenters. The van der Waals surface area contributed by atoms with E-state index in [0.29, 0.717) is 64.0 Å². The fourth-order valence-corrected chi connectivity index (χ4v) is 5.75. The van der Waals surface area contributed by atoms with Crippen LogP contribution in [0.4, 0.5) is 11.4 Å². The molecule has 0 saturated carbocycles. The molecular formula is C32H27Cl3N4O3S. The number of rotatable bonds is 6. The molecule has 0 aliphatic carbocycles. The molecule has 43 heavy (non-hydrogen) atoms. The van der Waals surface area contributed by atoms with Gasteiger partial charge < -0.3 is 19.5 Å². The van der Waals surface area contributed by atoms with E-state index in [4.69, 9.17) is 51.4 Å². The maximum Gasteiger partial charge on any atom is 0.254 e. The molecule has 2 N–H and O–H groups in total. The largest absolute Gasteiger partial charge is 0.457 e. The van der Waals surface area contributed by atoms with Gasteiger partial charge in [-0.1, -0.05) is 53.0 Å². The highest BCUT2D eigenvalue weighted by Gasteiger charge is 2.24. The predicted octanol–water partition coefficient (Wildman–Crippen LogP) is 7.70. The zero-order chi connectivity index (χ0) is 30.5. The lowest BCUT2D eigenvalue weighted by atomic mass is 10.1. The number of hydrogen-bond acceptors (Lipinski definition) is 5. The van der Waals surface area contributed by atoms with Crippen LogP contribution in [0.25, 0.3) is 17.4 Å². The van der Waals surface area contributed by atoms with Crippen molar-refractivity contribution in [3.05, 3.63) is 111 Å². The van der Waals surface area contributed by atoms with Crippen molar-refractivity contribution in [2.75, 3.05) is 36.4 Å². The Morgan fingerprint density at radius 3 is 2.40 bits per heavy atom. The first-order valence-electron chi connectivity index (χ1n) is 13.4. The second kappa shape index (κ2) is 13.7. The molecule has 5 rings (SSSR count). The monoisotopic (exact) mass is 652 g/mol. The van der Waals surface area contributed by atoms with Gasteiger partial charge in [0.1, 0.15) is 11.5 Å². The summed E-state index contributed by atoms with van der Waals surface area (Å²) in [6.07, 6.45) is 2.85. The first kappa shape index (κ1) is 30.6. The minimum Gasteiger partial charge on any atom is -0.457 e. The zero-order valence-electron chi connectivity index (χ0n) is 23.1. The Balaban J connectivity index is 1.12. The molecule has 2 heterocycles. The summed E-state index contributed by atoms with van der Waals surface area (Å²) in [5.41, 5.74) is 3.90. The normalized spacial score (nSPS) is 13.3. The van der Waals surface area contributed by atoms with Crippen molar-refractivity contribution in [1.29, 1.82) is 0 Å². The van der Waals surface area contributed by atoms with Gasteiger partial charge in [0.2, 0.25) is 5.91 Å². The number of nitrogens with zero attached hydrogens (tertiary/aromatic N) is 2. The highest BCUT2D eigenvalue weighted by Crippen LogP contribution is 2.32. The summed E-state index contributed by atoms with van der Waals surface area (Å²) in [6.45, 7) is 4.47. The van der Waals surface area contributed by atoms with Crippen LogP contribution in [0.3, 0.4) is 0 Å². The first-order valence-corrected chi connectivity index (χ1v) is 15.0. The Morgan fingerprint density at radius 1 is 0.907 bits per heavy atom. The minimum atomic E-state index is -0.430. The van der Waals surface area contributed by atoms with E-state index >= 15 is 0 Å². The maximum absolute atomic E-state index is 13.0. The third-order valence-corrected chi connectivity index (χ3v) is 8.00. The molecule has 0 unspecified atom stereocenters. The molecule has 1 saturated heterocycles. The van der Waals surface area contributed by atoms with Crippen molar-refractivity contribution >= 4 is 81.4 Å². The summed E-state index contributed by atoms with van der Waals surface area (Å²) in [5, 5.41) is 7.24. The van der Waals surface area contributed by atoms with Gasteiger partial charge in [0.05, 0.1) is 15.7 Å². The predicted molar refractivity (Wildman–Crippen MR) is 178 cm³/mol. The molecule has 0 radical (unpaired) electrons. The number of halogens is 3. The Hall–Kier alpha value is -3.82. The van der Waals surface area contributed by atoms with Crippen molar-refractivity contribution in [2.24, 2.45) is 0 Å². The standard InChI is InChI=1S/C32H27Cl3N4O3S/c1-20-4-2-3-5-24(20)31(41)39-16-14-38(15-17-39)28-11-7-22(19-27(28)35)36-32(43)37-30(40)13-9-23-8-12-29(42-23)25-10-6-21(33)18-26(25)34/h2-13,18-19H,14-17H2,1H3,(H2,36,37,40,43). The average Bonchev–Trinajstić information content (AvgIpc) is 3.45. The number of furan rings is 1. The Labute approximate surface area is 270 Å². The van der Waals surface area contributed by atoms with E-state index in [2.05, 4.69) is 15.5 Å². The van der Waals surface area contributed by atoms with Crippen LogP contribution in [0.15, 0.2) is 83.3 Å². The topological polar surface area (TPSA) is 77.8 Å². The SMILES string of the molecule is Cc1ccccc1C(=O)N1CCN(c2ccc(NC(=S)NC(=O)C=Cc3ccc(-c4ccc(Cl)cc4Cl)o3)cc2Cl)CC1. The fourth-order valence-electron chi connectivity index (χ4n) is 4.72. The van der Waals surface area contributed by atoms with Crippen LogP contribution in [0.2, 0.25) is 15.1 Å². The molecule has 1 aliphatic heterocycles. The number of carbonyl (C=O) groups is 2. The first-order chi connectivity index (χ1) is 20.7. The van der Waals surface area contributed by atoms with Crippen molar-refractivity contribution in [3.8, 4) is 11.3 Å². The van der Waals surface area contributed by atoms with Crippen LogP contribution in [0, 0.1) is 6.92 Å². The van der Waals surface area contributed by atoms with E-state index in [-0.39, 0.29) is 11.0 Å². The Morgan fingerprint density at radius 2 is 1.67 bits per heavy atom. The van der Waals surface area contributed by atoms with Crippen LogP contribution in [0.5, 0.6) is 0 Å². The lowest BCUT2D eigenvalue weighted by molar-refractivity contribution is -0.115. The lowest BCUT2D eigenvalue weighted by Gasteiger charge is -2.36. The number of benzene rings is 3. The third-order valence-electron chi connectivity index (χ3n) is 6.95. The lowest BCUT2D eigenvalue weighted by Crippen LogP contribution is -2.49. The highest BCUT2D eigenvalue weighted by atomic mass is 35.5. The van der Waals surface area contributed by atoms with E-state index in [9.17, 15) is 9.59 Å². The number of piperazine rings is 1. The molecule has 4 aromatic rings. The van der Waals surface area contributed by atoms with E-state index in [0.717, 1.165) is 16.8 Å². The molecule has 0 bridgehead atoms. The number of hydrogen-bond donors (Lipinski definition) is 2. The second-order valence-electron chi connectivity index (χ2n) is 9.86. The Kier molecular flexibility index (Phi) is 9.72. The number of carbonyl (C=O) groups excluding carboxylic acids is 2. The second-order valence-corrected chi connectivity index (χ2v) is 11.5. The van der Waals surface area contributed by atoms with Crippen molar-refractivity contribution in [1.82, 2.24) is 10.2 Å². The van der Waals surface area contributed by atoms with Gasteiger partial charge in [-0.3, -0.25) is 14.9 Å². The molecule has 1 aromatic heterocycles. The summed E-state index contributed by atoms with van der Waals surface area (Å²) in [6, 6.07) is 21.7. The maximum atomic E-state index is 13.0. The van der Waals surface area contributed by atoms with E-state index in [1.807, 2.05) is 48.2 Å². The van der Waals surface area contributed by atoms with Crippen molar-refractivity contribution in [2.45, 2.75) is 6.92 Å². The van der Waals surface area contributed by atoms with Gasteiger partial charge in [-0.15, -0.1) is 0 Å². The van der Waals surface area contributed by atoms with Gasteiger partial charge in [-0.2, -0.15) is 0 Å². The summed E-state index contributed by atoms with van der Waals surface area (Å²) >= 11 is 24.1. The molecule has 220 valence electrons. The van der Waals surface area contributed by atoms with Gasteiger partial charge in [0.15, 0.2) is 5.11 Å². The number of aryl methyl sites for hydroxylation is 1. The summed E-state index contributed by atoms with van der Waals surface area (Å²) in [5.74, 6) is 0.640. The van der Waals surface area contributed by atoms with E-state index in [1.54, 1.807) is 36.4 Å². The molecular weight excluding hydrogens is 627 g/mol. The molecule has 1 aliphatic rings. The van der Waals surface area contributed by atoms with Gasteiger partial charge in [0.25, 0.3) is 5.91 Å². The number of anilines is 2. The number of thiocarbonyl (C=S) groups is 1. The number of nitrogens with one attached hydrogen (secondary N) is 2. The smallest absolute Gasteiger partial charge is 0.254 e. The van der Waals surface area contributed by atoms with Gasteiger partial charge in [0, 0.05) is 54.1 Å². The molecule has 2 amide bonds. The van der Waals surface area contributed by atoms with Crippen LogP contribution < -0.4 is 15.5 Å². The molecule has 11 heteroatoms. The van der Waals surface area contributed by atoms with E-state index < -0.39 is 5.91 Å². The molecule has 7 nitrogen and oxygen atoms in total. The van der Waals surface area contributed by atoms with Gasteiger partial charge in [-0.25, -0.2) is 0 Å². The van der Waals surface area contributed by atoms with Gasteiger partial charge in [-0.05, 0) is 85.4 Å². The highest BCUT2D eigenvalue weighted by molar-refractivity contribution is 7.80. The summed E-state index contributed by atoms with van der Waals surface area (Å²) in [4.78, 5) is 29.4. The Bertz CT molecular complexity index is 1710. The molecule has 3 aromatic carbocycles. The molecule has 1 fully saturated rings. The van der Waals surface area contributed by atoms with E-state index in [1.165, 1.54) is 12.2 Å². The quantitative estimate of drug-likeness (QED) is 0.164. The van der Waals surface area contributed by atoms with Crippen molar-refractivity contribution in [3.63, 3.8) is 0 Å². The van der Waals surface area contributed by atoms with Crippen molar-refractivity contribution < 1.29 is 14.0 Å². The van der Waals surface area contributed by atoms with Crippen LogP contribution >= 0.6 is 47.0 Å². The zero-order valence-corrected chi connectivity index (χ0v) is 26.2. The summed E-state index contributed by atoms with van der Waals surface area (Å²) < 4.78 is 5.78. The molecule has 0 spiro atoms. The minimum absolute atomic E-state index is 0.0468. The van der Waals surface area contributed by atoms with Crippen LogP contribution in [0.1, 0.15) is 21.7 Å². The summed E-state index contributed by atoms with van der Waals surface area (Å²) in [7, 11) is 0.